The minimum absolute atomic E-state index is 0.248. The molecule has 0 amide bonds. The van der Waals surface area contributed by atoms with Crippen LogP contribution in [-0.4, -0.2) is 58.3 Å². The van der Waals surface area contributed by atoms with Crippen LogP contribution in [0.15, 0.2) is 24.3 Å². The highest BCUT2D eigenvalue weighted by atomic mass is 32.1. The first-order valence-electron chi connectivity index (χ1n) is 8.93. The number of aliphatic hydroxyl groups is 1. The molecule has 0 spiro atoms. The van der Waals surface area contributed by atoms with E-state index in [1.165, 1.54) is 7.11 Å². The van der Waals surface area contributed by atoms with Crippen molar-refractivity contribution in [2.75, 3.05) is 20.8 Å². The van der Waals surface area contributed by atoms with Crippen molar-refractivity contribution >= 4 is 18.2 Å². The number of carbonyl (C=O) groups excluding carboxylic acids is 1. The number of esters is 1. The number of benzene rings is 1. The molecule has 1 unspecified atom stereocenters. The van der Waals surface area contributed by atoms with Gasteiger partial charge in [-0.1, -0.05) is 0 Å². The summed E-state index contributed by atoms with van der Waals surface area (Å²) in [6.45, 7) is 1.06. The number of ether oxygens (including phenoxy) is 3. The van der Waals surface area contributed by atoms with Crippen LogP contribution < -0.4 is 14.4 Å². The number of nitrogens with zero attached hydrogens (tertiary/aromatic N) is 3. The topological polar surface area (TPSA) is 92.2 Å². The maximum Gasteiger partial charge on any atom is 0.364 e. The number of nitrogens with one attached hydrogen (secondary N) is 1. The van der Waals surface area contributed by atoms with Crippen LogP contribution in [-0.2, 0) is 29.9 Å². The van der Waals surface area contributed by atoms with Gasteiger partial charge in [-0.05, 0) is 36.5 Å². The summed E-state index contributed by atoms with van der Waals surface area (Å²) >= 11 is 5.47. The van der Waals surface area contributed by atoms with Crippen LogP contribution in [0.4, 0.5) is 0 Å². The zero-order chi connectivity index (χ0) is 20.3. The monoisotopic (exact) mass is 409 g/mol. The SMILES string of the molecule is COC(=O)[C@@H]1C[C@H](O)C[NH+]1Cn1nc(COc2ccc(OC)cc2)n(C)c1=S. The molecule has 2 heterocycles. The van der Waals surface area contributed by atoms with Crippen molar-refractivity contribution in [1.29, 1.82) is 0 Å². The van der Waals surface area contributed by atoms with Crippen LogP contribution in [0.25, 0.3) is 0 Å². The number of aliphatic hydroxyl groups excluding tert-OH is 1. The van der Waals surface area contributed by atoms with Crippen molar-refractivity contribution in [3.8, 4) is 11.5 Å². The fourth-order valence-electron chi connectivity index (χ4n) is 3.32. The summed E-state index contributed by atoms with van der Waals surface area (Å²) in [5.41, 5.74) is 0. The molecule has 1 aliphatic heterocycles. The summed E-state index contributed by atoms with van der Waals surface area (Å²) in [4.78, 5) is 12.8. The fraction of sp³-hybridized carbons (Fsp3) is 0.500. The van der Waals surface area contributed by atoms with Gasteiger partial charge in [0.15, 0.2) is 18.5 Å². The molecule has 0 saturated carbocycles. The molecule has 1 saturated heterocycles. The van der Waals surface area contributed by atoms with Crippen LogP contribution in [0.3, 0.4) is 0 Å². The number of carbonyl (C=O) groups is 1. The summed E-state index contributed by atoms with van der Waals surface area (Å²) in [5, 5.41) is 14.5. The molecule has 1 fully saturated rings. The molecular weight excluding hydrogens is 384 g/mol. The van der Waals surface area contributed by atoms with Crippen molar-refractivity contribution in [3.05, 3.63) is 34.9 Å². The lowest BCUT2D eigenvalue weighted by atomic mass is 10.2. The Morgan fingerprint density at radius 3 is 2.64 bits per heavy atom. The van der Waals surface area contributed by atoms with Crippen LogP contribution in [0.5, 0.6) is 11.5 Å². The highest BCUT2D eigenvalue weighted by Crippen LogP contribution is 2.18. The van der Waals surface area contributed by atoms with E-state index in [1.54, 1.807) is 16.4 Å². The highest BCUT2D eigenvalue weighted by Gasteiger charge is 2.41. The van der Waals surface area contributed by atoms with E-state index in [4.69, 9.17) is 26.4 Å². The molecule has 28 heavy (non-hydrogen) atoms. The largest absolute Gasteiger partial charge is 0.497 e. The number of methoxy groups -OCH3 is 2. The van der Waals surface area contributed by atoms with Gasteiger partial charge in [-0.15, -0.1) is 5.10 Å². The smallest absolute Gasteiger partial charge is 0.364 e. The van der Waals surface area contributed by atoms with Crippen LogP contribution in [0.2, 0.25) is 0 Å². The van der Waals surface area contributed by atoms with E-state index in [0.29, 0.717) is 36.0 Å². The average molecular weight is 409 g/mol. The number of aromatic nitrogens is 3. The minimum Gasteiger partial charge on any atom is -0.497 e. The number of hydrogen-bond acceptors (Lipinski definition) is 7. The number of likely N-dealkylation sites (tertiary alicyclic amines) is 1. The first-order chi connectivity index (χ1) is 13.4. The standard InChI is InChI=1S/C18H24N4O5S/c1-20-16(10-27-14-6-4-13(25-2)5-7-14)19-22(18(20)28)11-21-9-12(23)8-15(21)17(24)26-3/h4-7,12,15,23H,8-11H2,1-3H3/p+1/t12-,15-/m0/s1. The maximum atomic E-state index is 12.0. The van der Waals surface area contributed by atoms with E-state index in [0.717, 1.165) is 10.6 Å². The predicted molar refractivity (Wildman–Crippen MR) is 102 cm³/mol. The van der Waals surface area contributed by atoms with Crippen molar-refractivity contribution in [2.24, 2.45) is 7.05 Å². The lowest BCUT2D eigenvalue weighted by Crippen LogP contribution is -3.14. The molecule has 10 heteroatoms. The molecule has 3 rings (SSSR count). The first-order valence-corrected chi connectivity index (χ1v) is 9.33. The van der Waals surface area contributed by atoms with Gasteiger partial charge in [0.1, 0.15) is 30.8 Å². The van der Waals surface area contributed by atoms with Crippen molar-refractivity contribution in [1.82, 2.24) is 14.3 Å². The Hall–Kier alpha value is -2.43. The van der Waals surface area contributed by atoms with Gasteiger partial charge < -0.3 is 28.8 Å². The minimum atomic E-state index is -0.546. The molecule has 1 aromatic carbocycles. The quantitative estimate of drug-likeness (QED) is 0.479. The van der Waals surface area contributed by atoms with Crippen molar-refractivity contribution in [2.45, 2.75) is 31.8 Å². The van der Waals surface area contributed by atoms with Gasteiger partial charge in [0, 0.05) is 13.5 Å². The summed E-state index contributed by atoms with van der Waals surface area (Å²) in [6.07, 6.45) is -0.176. The molecular formula is C18H25N4O5S+. The Kier molecular flexibility index (Phi) is 6.32. The maximum absolute atomic E-state index is 12.0. The van der Waals surface area contributed by atoms with Gasteiger partial charge in [0.05, 0.1) is 14.2 Å². The van der Waals surface area contributed by atoms with Gasteiger partial charge in [0.25, 0.3) is 0 Å². The van der Waals surface area contributed by atoms with Crippen LogP contribution >= 0.6 is 12.2 Å². The highest BCUT2D eigenvalue weighted by molar-refractivity contribution is 7.71. The third-order valence-corrected chi connectivity index (χ3v) is 5.38. The normalized spacial score (nSPS) is 21.5. The summed E-state index contributed by atoms with van der Waals surface area (Å²) in [5.74, 6) is 1.78. The average Bonchev–Trinajstić information content (AvgIpc) is 3.20. The lowest BCUT2D eigenvalue weighted by Gasteiger charge is -2.18. The van der Waals surface area contributed by atoms with Crippen molar-refractivity contribution in [3.63, 3.8) is 0 Å². The van der Waals surface area contributed by atoms with E-state index in [-0.39, 0.29) is 12.6 Å². The lowest BCUT2D eigenvalue weighted by molar-refractivity contribution is -0.928. The van der Waals surface area contributed by atoms with Gasteiger partial charge >= 0.3 is 5.97 Å². The molecule has 0 bridgehead atoms. The van der Waals surface area contributed by atoms with Crippen LogP contribution in [0.1, 0.15) is 12.2 Å². The molecule has 0 aliphatic carbocycles. The number of hydrogen-bond donors (Lipinski definition) is 2. The second-order valence-electron chi connectivity index (χ2n) is 6.71. The van der Waals surface area contributed by atoms with E-state index in [9.17, 15) is 9.90 Å². The molecule has 1 aromatic heterocycles. The zero-order valence-electron chi connectivity index (χ0n) is 16.1. The second-order valence-corrected chi connectivity index (χ2v) is 7.07. The number of quaternary nitrogens is 1. The Bertz CT molecular complexity index is 879. The van der Waals surface area contributed by atoms with Gasteiger partial charge in [-0.2, -0.15) is 4.68 Å². The number of rotatable bonds is 7. The first kappa shape index (κ1) is 20.3. The Labute approximate surface area is 168 Å². The second kappa shape index (κ2) is 8.72. The van der Waals surface area contributed by atoms with Crippen LogP contribution in [0, 0.1) is 4.77 Å². The van der Waals surface area contributed by atoms with E-state index in [1.807, 2.05) is 31.3 Å². The molecule has 0 radical (unpaired) electrons. The van der Waals surface area contributed by atoms with Crippen molar-refractivity contribution < 1.29 is 29.0 Å². The fourth-order valence-corrected chi connectivity index (χ4v) is 3.53. The summed E-state index contributed by atoms with van der Waals surface area (Å²) < 4.78 is 19.7. The van der Waals surface area contributed by atoms with E-state index in [2.05, 4.69) is 5.10 Å². The van der Waals surface area contributed by atoms with Gasteiger partial charge in [-0.25, -0.2) is 4.79 Å². The van der Waals surface area contributed by atoms with Gasteiger partial charge in [-0.3, -0.25) is 0 Å². The zero-order valence-corrected chi connectivity index (χ0v) is 16.9. The predicted octanol–water partition coefficient (Wildman–Crippen LogP) is -0.313. The Morgan fingerprint density at radius 1 is 1.32 bits per heavy atom. The third kappa shape index (κ3) is 4.34. The Balaban J connectivity index is 1.70. The van der Waals surface area contributed by atoms with Gasteiger partial charge in [0.2, 0.25) is 4.77 Å². The molecule has 2 N–H and O–H groups in total. The Morgan fingerprint density at radius 2 is 2.00 bits per heavy atom. The summed E-state index contributed by atoms with van der Waals surface area (Å²) in [6, 6.07) is 6.86. The molecule has 9 nitrogen and oxygen atoms in total. The molecule has 1 aliphatic rings. The molecule has 2 aromatic rings. The van der Waals surface area contributed by atoms with E-state index < -0.39 is 12.1 Å². The molecule has 152 valence electrons. The third-order valence-electron chi connectivity index (χ3n) is 4.90. The molecule has 3 atom stereocenters. The summed E-state index contributed by atoms with van der Waals surface area (Å²) in [7, 11) is 4.79. The van der Waals surface area contributed by atoms with E-state index >= 15 is 0 Å².